The summed E-state index contributed by atoms with van der Waals surface area (Å²) in [4.78, 5) is 8.14. The standard InChI is InChI=1S/C12H16F2N4O/c13-11(14)8-19-10-7-15-5-2-9(10)6-18-12-16-3-1-4-17-12/h2,5,7,11H,1,3-4,6,8H2,(H2,16,17,18). The number of rotatable bonds is 5. The van der Waals surface area contributed by atoms with E-state index in [9.17, 15) is 8.78 Å². The zero-order valence-electron chi connectivity index (χ0n) is 10.4. The second-order valence-electron chi connectivity index (χ2n) is 4.05. The normalized spacial score (nSPS) is 14.8. The lowest BCUT2D eigenvalue weighted by molar-refractivity contribution is 0.0812. The van der Waals surface area contributed by atoms with Crippen LogP contribution in [0.25, 0.3) is 0 Å². The maximum absolute atomic E-state index is 12.1. The molecule has 0 radical (unpaired) electrons. The van der Waals surface area contributed by atoms with Crippen LogP contribution in [0, 0.1) is 0 Å². The van der Waals surface area contributed by atoms with E-state index >= 15 is 0 Å². The summed E-state index contributed by atoms with van der Waals surface area (Å²) in [6, 6.07) is 1.73. The van der Waals surface area contributed by atoms with Crippen molar-refractivity contribution in [2.24, 2.45) is 4.99 Å². The van der Waals surface area contributed by atoms with Gasteiger partial charge in [-0.25, -0.2) is 8.78 Å². The third kappa shape index (κ3) is 4.35. The molecule has 7 heteroatoms. The summed E-state index contributed by atoms with van der Waals surface area (Å²) in [7, 11) is 0. The molecule has 0 aliphatic carbocycles. The molecule has 1 aromatic heterocycles. The van der Waals surface area contributed by atoms with E-state index in [0.29, 0.717) is 12.3 Å². The maximum Gasteiger partial charge on any atom is 0.272 e. The molecule has 19 heavy (non-hydrogen) atoms. The number of guanidine groups is 1. The topological polar surface area (TPSA) is 58.5 Å². The highest BCUT2D eigenvalue weighted by Crippen LogP contribution is 2.16. The quantitative estimate of drug-likeness (QED) is 0.843. The third-order valence-corrected chi connectivity index (χ3v) is 2.58. The molecule has 0 bridgehead atoms. The smallest absolute Gasteiger partial charge is 0.272 e. The number of hydrogen-bond acceptors (Lipinski definition) is 5. The van der Waals surface area contributed by atoms with E-state index in [1.54, 1.807) is 12.3 Å². The Morgan fingerprint density at radius 3 is 3.11 bits per heavy atom. The molecule has 0 atom stereocenters. The number of aromatic nitrogens is 1. The third-order valence-electron chi connectivity index (χ3n) is 2.58. The number of nitrogens with zero attached hydrogens (tertiary/aromatic N) is 2. The van der Waals surface area contributed by atoms with E-state index in [2.05, 4.69) is 20.6 Å². The SMILES string of the molecule is FC(F)COc1cnccc1CNC1=NCCCN1. The fourth-order valence-corrected chi connectivity index (χ4v) is 1.67. The molecular weight excluding hydrogens is 254 g/mol. The minimum Gasteiger partial charge on any atom is -0.486 e. The molecule has 1 aromatic rings. The van der Waals surface area contributed by atoms with E-state index in [0.717, 1.165) is 31.0 Å². The van der Waals surface area contributed by atoms with Crippen molar-refractivity contribution in [2.45, 2.75) is 19.4 Å². The summed E-state index contributed by atoms with van der Waals surface area (Å²) in [5.41, 5.74) is 0.769. The Hall–Kier alpha value is -1.92. The second-order valence-corrected chi connectivity index (χ2v) is 4.05. The minimum atomic E-state index is -2.49. The monoisotopic (exact) mass is 270 g/mol. The van der Waals surface area contributed by atoms with Crippen LogP contribution in [0.4, 0.5) is 8.78 Å². The summed E-state index contributed by atoms with van der Waals surface area (Å²) in [6.45, 7) is 1.50. The van der Waals surface area contributed by atoms with Gasteiger partial charge in [0.2, 0.25) is 0 Å². The molecule has 1 aliphatic heterocycles. The molecule has 2 N–H and O–H groups in total. The first-order chi connectivity index (χ1) is 9.25. The molecule has 5 nitrogen and oxygen atoms in total. The van der Waals surface area contributed by atoms with Gasteiger partial charge in [-0.2, -0.15) is 0 Å². The van der Waals surface area contributed by atoms with Gasteiger partial charge in [-0.3, -0.25) is 9.98 Å². The van der Waals surface area contributed by atoms with Crippen molar-refractivity contribution in [3.05, 3.63) is 24.0 Å². The Morgan fingerprint density at radius 2 is 2.37 bits per heavy atom. The van der Waals surface area contributed by atoms with Crippen molar-refractivity contribution in [1.29, 1.82) is 0 Å². The van der Waals surface area contributed by atoms with Crippen molar-refractivity contribution in [1.82, 2.24) is 15.6 Å². The number of pyridine rings is 1. The van der Waals surface area contributed by atoms with Crippen LogP contribution in [0.1, 0.15) is 12.0 Å². The second kappa shape index (κ2) is 6.86. The van der Waals surface area contributed by atoms with Gasteiger partial charge in [0.05, 0.1) is 6.20 Å². The molecule has 1 aliphatic rings. The Labute approximate surface area is 110 Å². The Morgan fingerprint density at radius 1 is 1.47 bits per heavy atom. The van der Waals surface area contributed by atoms with Crippen molar-refractivity contribution in [2.75, 3.05) is 19.7 Å². The van der Waals surface area contributed by atoms with Crippen LogP contribution in [0.15, 0.2) is 23.5 Å². The summed E-state index contributed by atoms with van der Waals surface area (Å²) in [5.74, 6) is 1.09. The van der Waals surface area contributed by atoms with Crippen LogP contribution in [-0.2, 0) is 6.54 Å². The molecule has 0 aromatic carbocycles. The molecule has 104 valence electrons. The minimum absolute atomic E-state index is 0.367. The summed E-state index contributed by atoms with van der Waals surface area (Å²) in [6.07, 6.45) is 1.56. The van der Waals surface area contributed by atoms with Crippen LogP contribution >= 0.6 is 0 Å². The number of nitrogens with one attached hydrogen (secondary N) is 2. The summed E-state index contributed by atoms with van der Waals surface area (Å²) >= 11 is 0. The van der Waals surface area contributed by atoms with E-state index in [1.165, 1.54) is 6.20 Å². The Bertz CT molecular complexity index is 439. The van der Waals surface area contributed by atoms with E-state index in [-0.39, 0.29) is 0 Å². The van der Waals surface area contributed by atoms with Crippen molar-refractivity contribution >= 4 is 5.96 Å². The first kappa shape index (κ1) is 13.5. The molecule has 0 unspecified atom stereocenters. The van der Waals surface area contributed by atoms with Crippen LogP contribution in [0.3, 0.4) is 0 Å². The first-order valence-electron chi connectivity index (χ1n) is 6.12. The van der Waals surface area contributed by atoms with Crippen LogP contribution in [-0.4, -0.2) is 37.1 Å². The van der Waals surface area contributed by atoms with Crippen molar-refractivity contribution in [3.63, 3.8) is 0 Å². The highest BCUT2D eigenvalue weighted by Gasteiger charge is 2.09. The molecule has 0 saturated heterocycles. The largest absolute Gasteiger partial charge is 0.486 e. The van der Waals surface area contributed by atoms with Crippen LogP contribution in [0.5, 0.6) is 5.75 Å². The highest BCUT2D eigenvalue weighted by atomic mass is 19.3. The van der Waals surface area contributed by atoms with Gasteiger partial charge < -0.3 is 15.4 Å². The number of ether oxygens (including phenoxy) is 1. The van der Waals surface area contributed by atoms with Gasteiger partial charge >= 0.3 is 0 Å². The number of aliphatic imine (C=N–C) groups is 1. The van der Waals surface area contributed by atoms with Gasteiger partial charge in [0.25, 0.3) is 6.43 Å². The first-order valence-corrected chi connectivity index (χ1v) is 6.12. The number of halogens is 2. The zero-order chi connectivity index (χ0) is 13.5. The summed E-state index contributed by atoms with van der Waals surface area (Å²) in [5, 5.41) is 6.23. The predicted octanol–water partition coefficient (Wildman–Crippen LogP) is 1.16. The van der Waals surface area contributed by atoms with Gasteiger partial charge in [0, 0.05) is 31.4 Å². The van der Waals surface area contributed by atoms with Crippen molar-refractivity contribution < 1.29 is 13.5 Å². The predicted molar refractivity (Wildman–Crippen MR) is 67.5 cm³/mol. The fourth-order valence-electron chi connectivity index (χ4n) is 1.67. The molecule has 0 amide bonds. The van der Waals surface area contributed by atoms with Gasteiger partial charge in [-0.15, -0.1) is 0 Å². The zero-order valence-corrected chi connectivity index (χ0v) is 10.4. The Balaban J connectivity index is 1.93. The van der Waals surface area contributed by atoms with Gasteiger partial charge in [0.1, 0.15) is 12.4 Å². The maximum atomic E-state index is 12.1. The van der Waals surface area contributed by atoms with E-state index in [1.807, 2.05) is 0 Å². The molecule has 2 rings (SSSR count). The fraction of sp³-hybridized carbons (Fsp3) is 0.500. The lowest BCUT2D eigenvalue weighted by Gasteiger charge is -2.17. The molecule has 0 fully saturated rings. The van der Waals surface area contributed by atoms with Gasteiger partial charge in [-0.1, -0.05) is 0 Å². The molecule has 0 spiro atoms. The molecular formula is C12H16F2N4O. The van der Waals surface area contributed by atoms with Gasteiger partial charge in [0.15, 0.2) is 5.96 Å². The lowest BCUT2D eigenvalue weighted by Crippen LogP contribution is -2.40. The summed E-state index contributed by atoms with van der Waals surface area (Å²) < 4.78 is 29.3. The lowest BCUT2D eigenvalue weighted by atomic mass is 10.2. The average molecular weight is 270 g/mol. The highest BCUT2D eigenvalue weighted by molar-refractivity contribution is 5.80. The van der Waals surface area contributed by atoms with E-state index in [4.69, 9.17) is 4.74 Å². The van der Waals surface area contributed by atoms with E-state index < -0.39 is 13.0 Å². The average Bonchev–Trinajstić information content (AvgIpc) is 2.45. The molecule has 0 saturated carbocycles. The van der Waals surface area contributed by atoms with Crippen LogP contribution < -0.4 is 15.4 Å². The number of alkyl halides is 2. The Kier molecular flexibility index (Phi) is 4.88. The van der Waals surface area contributed by atoms with Crippen molar-refractivity contribution in [3.8, 4) is 5.75 Å². The van der Waals surface area contributed by atoms with Crippen LogP contribution in [0.2, 0.25) is 0 Å². The van der Waals surface area contributed by atoms with Gasteiger partial charge in [-0.05, 0) is 12.5 Å². The molecule has 2 heterocycles. The number of hydrogen-bond donors (Lipinski definition) is 2.